The number of halogens is 2. The largest absolute Gasteiger partial charge is 0.497 e. The molecule has 0 bridgehead atoms. The molecule has 4 rings (SSSR count). The molecule has 0 saturated heterocycles. The van der Waals surface area contributed by atoms with Crippen LogP contribution in [0.3, 0.4) is 0 Å². The molecule has 3 aliphatic carbocycles. The normalized spacial score (nSPS) is 37.7. The molecule has 0 unspecified atom stereocenters. The van der Waals surface area contributed by atoms with Gasteiger partial charge in [0.1, 0.15) is 5.75 Å². The molecule has 0 aliphatic heterocycles. The summed E-state index contributed by atoms with van der Waals surface area (Å²) < 4.78 is 33.4. The molecule has 4 heteroatoms. The van der Waals surface area contributed by atoms with E-state index in [4.69, 9.17) is 4.74 Å². The molecule has 0 N–H and O–H groups in total. The van der Waals surface area contributed by atoms with Crippen LogP contribution in [0.4, 0.5) is 8.78 Å². The van der Waals surface area contributed by atoms with Gasteiger partial charge in [0.05, 0.1) is 7.11 Å². The summed E-state index contributed by atoms with van der Waals surface area (Å²) >= 11 is 0. The monoisotopic (exact) mass is 320 g/mol. The SMILES string of the molecule is COc1ccc2c(c1)CC[C@@H]1[C@@H]2CC[C@]2(C)C(=O)C(F)(F)C[C@@H]12. The van der Waals surface area contributed by atoms with Crippen LogP contribution in [-0.4, -0.2) is 18.8 Å². The average Bonchev–Trinajstić information content (AvgIpc) is 2.73. The summed E-state index contributed by atoms with van der Waals surface area (Å²) in [6.07, 6.45) is 2.95. The number of rotatable bonds is 1. The second kappa shape index (κ2) is 4.78. The Morgan fingerprint density at radius 2 is 2.04 bits per heavy atom. The average molecular weight is 320 g/mol. The summed E-state index contributed by atoms with van der Waals surface area (Å²) in [5.41, 5.74) is 1.74. The lowest BCUT2D eigenvalue weighted by Crippen LogP contribution is -2.43. The van der Waals surface area contributed by atoms with E-state index in [1.165, 1.54) is 11.1 Å². The molecule has 0 spiro atoms. The molecule has 1 aromatic carbocycles. The molecule has 0 aromatic heterocycles. The van der Waals surface area contributed by atoms with E-state index in [9.17, 15) is 13.6 Å². The van der Waals surface area contributed by atoms with Crippen LogP contribution in [0.5, 0.6) is 5.75 Å². The number of ether oxygens (including phenoxy) is 1. The third-order valence-corrected chi connectivity index (χ3v) is 6.65. The van der Waals surface area contributed by atoms with Gasteiger partial charge >= 0.3 is 5.92 Å². The van der Waals surface area contributed by atoms with Crippen molar-refractivity contribution >= 4 is 5.78 Å². The number of Topliss-reactive ketones (excluding diaryl/α,β-unsaturated/α-hetero) is 1. The predicted octanol–water partition coefficient (Wildman–Crippen LogP) is 4.37. The zero-order valence-corrected chi connectivity index (χ0v) is 13.6. The standard InChI is InChI=1S/C19H22F2O2/c1-18-8-7-14-13-6-4-12(23-2)9-11(13)3-5-15(14)16(18)10-19(20,21)17(18)22/h4,6,9,14-16H,3,5,7-8,10H2,1-2H3/t14-,15-,16+,18+/m1/s1. The van der Waals surface area contributed by atoms with Gasteiger partial charge in [-0.2, -0.15) is 8.78 Å². The van der Waals surface area contributed by atoms with E-state index in [2.05, 4.69) is 12.1 Å². The number of carbonyl (C=O) groups is 1. The van der Waals surface area contributed by atoms with Crippen LogP contribution in [0.1, 0.15) is 49.7 Å². The minimum absolute atomic E-state index is 0.181. The Morgan fingerprint density at radius 3 is 2.78 bits per heavy atom. The van der Waals surface area contributed by atoms with Crippen LogP contribution in [0.15, 0.2) is 18.2 Å². The molecule has 0 amide bonds. The van der Waals surface area contributed by atoms with Crippen molar-refractivity contribution in [3.05, 3.63) is 29.3 Å². The minimum atomic E-state index is -3.13. The van der Waals surface area contributed by atoms with E-state index in [0.717, 1.165) is 25.0 Å². The molecule has 0 radical (unpaired) electrons. The van der Waals surface area contributed by atoms with Crippen molar-refractivity contribution in [2.45, 2.75) is 50.9 Å². The van der Waals surface area contributed by atoms with Gasteiger partial charge in [-0.3, -0.25) is 4.79 Å². The highest BCUT2D eigenvalue weighted by Crippen LogP contribution is 2.62. The van der Waals surface area contributed by atoms with Crippen molar-refractivity contribution in [3.8, 4) is 5.75 Å². The summed E-state index contributed by atoms with van der Waals surface area (Å²) in [7, 11) is 1.66. The maximum Gasteiger partial charge on any atom is 0.306 e. The maximum atomic E-state index is 14.1. The fraction of sp³-hybridized carbons (Fsp3) is 0.632. The van der Waals surface area contributed by atoms with E-state index in [1.54, 1.807) is 14.0 Å². The molecule has 2 saturated carbocycles. The first-order valence-corrected chi connectivity index (χ1v) is 8.46. The summed E-state index contributed by atoms with van der Waals surface area (Å²) in [5.74, 6) is -2.76. The van der Waals surface area contributed by atoms with E-state index < -0.39 is 17.1 Å². The molecular formula is C19H22F2O2. The number of alkyl halides is 2. The van der Waals surface area contributed by atoms with Crippen molar-refractivity contribution in [2.75, 3.05) is 7.11 Å². The Morgan fingerprint density at radius 1 is 1.26 bits per heavy atom. The van der Waals surface area contributed by atoms with Gasteiger partial charge in [-0.15, -0.1) is 0 Å². The number of aryl methyl sites for hydroxylation is 1. The summed E-state index contributed by atoms with van der Waals surface area (Å²) in [5, 5.41) is 0. The summed E-state index contributed by atoms with van der Waals surface area (Å²) in [4.78, 5) is 12.2. The second-order valence-electron chi connectivity index (χ2n) is 7.67. The molecule has 0 heterocycles. The Bertz CT molecular complexity index is 669. The molecule has 23 heavy (non-hydrogen) atoms. The number of hydrogen-bond acceptors (Lipinski definition) is 2. The smallest absolute Gasteiger partial charge is 0.306 e. The van der Waals surface area contributed by atoms with Gasteiger partial charge in [-0.05, 0) is 66.7 Å². The fourth-order valence-electron chi connectivity index (χ4n) is 5.45. The quantitative estimate of drug-likeness (QED) is 0.768. The van der Waals surface area contributed by atoms with Crippen LogP contribution >= 0.6 is 0 Å². The number of ketones is 1. The van der Waals surface area contributed by atoms with Gasteiger partial charge in [0, 0.05) is 11.8 Å². The van der Waals surface area contributed by atoms with Gasteiger partial charge in [0.25, 0.3) is 0 Å². The van der Waals surface area contributed by atoms with E-state index in [1.807, 2.05) is 6.07 Å². The third kappa shape index (κ3) is 1.99. The Labute approximate surface area is 135 Å². The third-order valence-electron chi connectivity index (χ3n) is 6.65. The minimum Gasteiger partial charge on any atom is -0.497 e. The van der Waals surface area contributed by atoms with Gasteiger partial charge in [0.15, 0.2) is 0 Å². The molecule has 1 aromatic rings. The topological polar surface area (TPSA) is 26.3 Å². The highest BCUT2D eigenvalue weighted by molar-refractivity contribution is 5.93. The van der Waals surface area contributed by atoms with Gasteiger partial charge in [0.2, 0.25) is 5.78 Å². The Balaban J connectivity index is 1.71. The molecule has 2 nitrogen and oxygen atoms in total. The van der Waals surface area contributed by atoms with Crippen LogP contribution in [-0.2, 0) is 11.2 Å². The molecule has 3 aliphatic rings. The van der Waals surface area contributed by atoms with Crippen molar-refractivity contribution in [2.24, 2.45) is 17.3 Å². The van der Waals surface area contributed by atoms with Crippen molar-refractivity contribution in [3.63, 3.8) is 0 Å². The van der Waals surface area contributed by atoms with E-state index in [0.29, 0.717) is 12.3 Å². The number of carbonyl (C=O) groups excluding carboxylic acids is 1. The van der Waals surface area contributed by atoms with E-state index >= 15 is 0 Å². The first kappa shape index (κ1) is 15.1. The van der Waals surface area contributed by atoms with Crippen molar-refractivity contribution in [1.82, 2.24) is 0 Å². The highest BCUT2D eigenvalue weighted by Gasteiger charge is 2.65. The zero-order chi connectivity index (χ0) is 16.4. The van der Waals surface area contributed by atoms with Crippen LogP contribution in [0, 0.1) is 17.3 Å². The Hall–Kier alpha value is -1.45. The lowest BCUT2D eigenvalue weighted by molar-refractivity contribution is -0.146. The number of methoxy groups -OCH3 is 1. The van der Waals surface area contributed by atoms with Crippen LogP contribution < -0.4 is 4.74 Å². The van der Waals surface area contributed by atoms with Crippen molar-refractivity contribution in [1.29, 1.82) is 0 Å². The molecule has 124 valence electrons. The van der Waals surface area contributed by atoms with Gasteiger partial charge in [-0.25, -0.2) is 0 Å². The highest BCUT2D eigenvalue weighted by atomic mass is 19.3. The van der Waals surface area contributed by atoms with Gasteiger partial charge < -0.3 is 4.74 Å². The predicted molar refractivity (Wildman–Crippen MR) is 82.9 cm³/mol. The van der Waals surface area contributed by atoms with Crippen molar-refractivity contribution < 1.29 is 18.3 Å². The van der Waals surface area contributed by atoms with Crippen LogP contribution in [0.2, 0.25) is 0 Å². The van der Waals surface area contributed by atoms with E-state index in [-0.39, 0.29) is 18.3 Å². The summed E-state index contributed by atoms with van der Waals surface area (Å²) in [6, 6.07) is 6.14. The zero-order valence-electron chi connectivity index (χ0n) is 13.6. The molecular weight excluding hydrogens is 298 g/mol. The number of hydrogen-bond donors (Lipinski definition) is 0. The first-order valence-electron chi connectivity index (χ1n) is 8.46. The lowest BCUT2D eigenvalue weighted by Gasteiger charge is -2.47. The number of fused-ring (bicyclic) bond motifs is 5. The fourth-order valence-corrected chi connectivity index (χ4v) is 5.45. The molecule has 2 fully saturated rings. The second-order valence-corrected chi connectivity index (χ2v) is 7.67. The summed E-state index contributed by atoms with van der Waals surface area (Å²) in [6.45, 7) is 1.78. The first-order chi connectivity index (χ1) is 10.9. The lowest BCUT2D eigenvalue weighted by atomic mass is 9.55. The maximum absolute atomic E-state index is 14.1. The van der Waals surface area contributed by atoms with Crippen LogP contribution in [0.25, 0.3) is 0 Å². The molecule has 4 atom stereocenters. The van der Waals surface area contributed by atoms with Gasteiger partial charge in [-0.1, -0.05) is 13.0 Å². The Kier molecular flexibility index (Phi) is 3.14. The number of benzene rings is 1.